The first-order valence-electron chi connectivity index (χ1n) is 15.2. The van der Waals surface area contributed by atoms with Crippen LogP contribution in [-0.2, 0) is 13.6 Å². The minimum absolute atomic E-state index is 0.000784. The van der Waals surface area contributed by atoms with E-state index >= 15 is 0 Å². The number of phenols is 1. The predicted molar refractivity (Wildman–Crippen MR) is 166 cm³/mol. The Hall–Kier alpha value is -4.37. The van der Waals surface area contributed by atoms with Crippen molar-refractivity contribution in [2.24, 2.45) is 24.6 Å². The number of nitrogens with zero attached hydrogens (tertiary/aromatic N) is 5. The molecule has 3 atom stereocenters. The van der Waals surface area contributed by atoms with Gasteiger partial charge in [-0.2, -0.15) is 0 Å². The van der Waals surface area contributed by atoms with Gasteiger partial charge < -0.3 is 29.6 Å². The van der Waals surface area contributed by atoms with Crippen LogP contribution in [0.4, 0.5) is 0 Å². The number of phenolic OH excluding ortho intramolecular Hbond substituents is 1. The molecule has 2 unspecified atom stereocenters. The van der Waals surface area contributed by atoms with Crippen LogP contribution < -0.4 is 10.5 Å². The third kappa shape index (κ3) is 4.12. The molecule has 8 rings (SSSR count). The lowest BCUT2D eigenvalue weighted by atomic mass is 10.0. The van der Waals surface area contributed by atoms with Crippen LogP contribution in [0.1, 0.15) is 41.6 Å². The number of aromatic hydroxyl groups is 1. The van der Waals surface area contributed by atoms with Crippen LogP contribution in [-0.4, -0.2) is 60.8 Å². The van der Waals surface area contributed by atoms with Crippen LogP contribution >= 0.6 is 0 Å². The second kappa shape index (κ2) is 9.57. The first-order valence-corrected chi connectivity index (χ1v) is 15.2. The second-order valence-corrected chi connectivity index (χ2v) is 12.7. The van der Waals surface area contributed by atoms with Crippen molar-refractivity contribution >= 4 is 28.0 Å². The maximum Gasteiger partial charge on any atom is 0.254 e. The number of fused-ring (bicyclic) bond motifs is 4. The number of methoxy groups -OCH3 is 1. The van der Waals surface area contributed by atoms with Crippen molar-refractivity contribution in [3.63, 3.8) is 0 Å². The molecule has 43 heavy (non-hydrogen) atoms. The minimum Gasteiger partial charge on any atom is -0.508 e. The summed E-state index contributed by atoms with van der Waals surface area (Å²) >= 11 is 0. The molecule has 1 aliphatic heterocycles. The molecule has 2 saturated carbocycles. The molecule has 3 fully saturated rings. The van der Waals surface area contributed by atoms with Gasteiger partial charge in [0.15, 0.2) is 5.82 Å². The highest BCUT2D eigenvalue weighted by atomic mass is 16.5. The maximum absolute atomic E-state index is 13.7. The zero-order chi connectivity index (χ0) is 29.6. The number of aryl methyl sites for hydroxylation is 2. The van der Waals surface area contributed by atoms with Crippen molar-refractivity contribution in [2.45, 2.75) is 51.2 Å². The summed E-state index contributed by atoms with van der Waals surface area (Å²) in [5.74, 6) is 2.69. The normalized spacial score (nSPS) is 21.4. The average Bonchev–Trinajstić information content (AvgIpc) is 3.41. The Balaban J connectivity index is 1.25. The number of imidazole rings is 1. The summed E-state index contributed by atoms with van der Waals surface area (Å²) in [6.07, 6.45) is 4.49. The lowest BCUT2D eigenvalue weighted by Crippen LogP contribution is -2.41. The summed E-state index contributed by atoms with van der Waals surface area (Å²) in [6.45, 7) is 3.58. The maximum atomic E-state index is 13.7. The van der Waals surface area contributed by atoms with Crippen LogP contribution in [0.15, 0.2) is 48.5 Å². The number of nitrogens with two attached hydrogens (primary N) is 1. The van der Waals surface area contributed by atoms with Gasteiger partial charge in [-0.15, -0.1) is 0 Å². The zero-order valence-corrected chi connectivity index (χ0v) is 24.7. The summed E-state index contributed by atoms with van der Waals surface area (Å²) < 4.78 is 10.2. The van der Waals surface area contributed by atoms with E-state index < -0.39 is 0 Å². The van der Waals surface area contributed by atoms with Gasteiger partial charge in [0, 0.05) is 48.7 Å². The Bertz CT molecular complexity index is 1940. The zero-order valence-electron chi connectivity index (χ0n) is 24.7. The van der Waals surface area contributed by atoms with E-state index in [2.05, 4.69) is 21.3 Å². The van der Waals surface area contributed by atoms with E-state index in [1.165, 1.54) is 12.8 Å². The molecule has 0 radical (unpaired) electrons. The molecule has 1 saturated heterocycles. The number of rotatable bonds is 6. The van der Waals surface area contributed by atoms with Gasteiger partial charge in [-0.1, -0.05) is 0 Å². The number of hydrogen-bond acceptors (Lipinski definition) is 6. The monoisotopic (exact) mass is 576 g/mol. The third-order valence-corrected chi connectivity index (χ3v) is 9.91. The van der Waals surface area contributed by atoms with Gasteiger partial charge in [-0.3, -0.25) is 4.79 Å². The molecule has 2 aliphatic carbocycles. The SMILES string of the molecule is COc1cc(C(=O)N2CC3CCC2[C@@H]3N)cc2nc(-c3cc4ccc(-c5ccc(O)cc5C)nc4n3CC3CC3)n(C)c12. The average molecular weight is 577 g/mol. The smallest absolute Gasteiger partial charge is 0.254 e. The third-order valence-electron chi connectivity index (χ3n) is 9.91. The summed E-state index contributed by atoms with van der Waals surface area (Å²) in [5, 5.41) is 11.0. The van der Waals surface area contributed by atoms with E-state index in [1.807, 2.05) is 43.1 Å². The van der Waals surface area contributed by atoms with E-state index in [9.17, 15) is 9.90 Å². The molecular formula is C34H36N6O3. The van der Waals surface area contributed by atoms with Gasteiger partial charge >= 0.3 is 0 Å². The van der Waals surface area contributed by atoms with E-state index in [1.54, 1.807) is 19.2 Å². The van der Waals surface area contributed by atoms with Crippen LogP contribution in [0.3, 0.4) is 0 Å². The van der Waals surface area contributed by atoms with Crippen molar-refractivity contribution in [1.29, 1.82) is 0 Å². The molecular weight excluding hydrogens is 540 g/mol. The highest BCUT2D eigenvalue weighted by Gasteiger charge is 2.47. The predicted octanol–water partition coefficient (Wildman–Crippen LogP) is 5.25. The molecule has 3 aliphatic rings. The highest BCUT2D eigenvalue weighted by Crippen LogP contribution is 2.40. The van der Waals surface area contributed by atoms with Crippen molar-refractivity contribution in [3.8, 4) is 34.3 Å². The molecule has 3 N–H and O–H groups in total. The Morgan fingerprint density at radius 2 is 1.91 bits per heavy atom. The molecule has 5 aromatic rings. The first kappa shape index (κ1) is 26.3. The van der Waals surface area contributed by atoms with Crippen molar-refractivity contribution in [2.75, 3.05) is 13.7 Å². The summed E-state index contributed by atoms with van der Waals surface area (Å²) in [7, 11) is 3.65. The van der Waals surface area contributed by atoms with Crippen LogP contribution in [0.5, 0.6) is 11.5 Å². The number of likely N-dealkylation sites (tertiary alicyclic amines) is 1. The van der Waals surface area contributed by atoms with Gasteiger partial charge in [0.25, 0.3) is 5.91 Å². The quantitative estimate of drug-likeness (QED) is 0.286. The molecule has 1 amide bonds. The molecule has 0 spiro atoms. The topological polar surface area (TPSA) is 111 Å². The lowest BCUT2D eigenvalue weighted by molar-refractivity contribution is 0.0700. The second-order valence-electron chi connectivity index (χ2n) is 12.7. The van der Waals surface area contributed by atoms with Crippen LogP contribution in [0, 0.1) is 18.8 Å². The Labute approximate surface area is 249 Å². The molecule has 9 heteroatoms. The Morgan fingerprint density at radius 1 is 1.07 bits per heavy atom. The fourth-order valence-corrected chi connectivity index (χ4v) is 7.41. The van der Waals surface area contributed by atoms with Gasteiger partial charge in [-0.25, -0.2) is 9.97 Å². The minimum atomic E-state index is -0.000784. The highest BCUT2D eigenvalue weighted by molar-refractivity contribution is 6.00. The molecule has 4 heterocycles. The molecule has 220 valence electrons. The fraction of sp³-hybridized carbons (Fsp3) is 0.382. The lowest BCUT2D eigenvalue weighted by Gasteiger charge is -2.27. The number of amides is 1. The van der Waals surface area contributed by atoms with Crippen molar-refractivity contribution in [1.82, 2.24) is 24.0 Å². The van der Waals surface area contributed by atoms with E-state index in [0.29, 0.717) is 23.1 Å². The summed E-state index contributed by atoms with van der Waals surface area (Å²) in [6, 6.07) is 15.6. The number of aromatic nitrogens is 4. The van der Waals surface area contributed by atoms with Crippen LogP contribution in [0.25, 0.3) is 44.8 Å². The largest absolute Gasteiger partial charge is 0.508 e. The summed E-state index contributed by atoms with van der Waals surface area (Å²) in [4.78, 5) is 25.9. The van der Waals surface area contributed by atoms with Crippen molar-refractivity contribution in [3.05, 3.63) is 59.7 Å². The first-order chi connectivity index (χ1) is 20.8. The number of piperidine rings is 1. The Morgan fingerprint density at radius 3 is 2.60 bits per heavy atom. The standard InChI is InChI=1S/C34H36N6O3/c1-18-12-23(41)8-9-24(18)25-10-6-20-14-28(39(32(20)36-25)16-19-4-5-19)33-37-26-13-22(15-29(43-3)31(26)38(33)2)34(42)40-17-21-7-11-27(40)30(21)35/h6,8-10,12-15,19,21,27,30,41H,4-5,7,11,16-17,35H2,1-3H3/t21?,27?,30-/m1/s1. The number of carbonyl (C=O) groups excluding carboxylic acids is 1. The Kier molecular flexibility index (Phi) is 5.85. The fourth-order valence-electron chi connectivity index (χ4n) is 7.41. The van der Waals surface area contributed by atoms with Crippen LogP contribution in [0.2, 0.25) is 0 Å². The van der Waals surface area contributed by atoms with Gasteiger partial charge in [0.05, 0.1) is 24.0 Å². The number of hydrogen-bond donors (Lipinski definition) is 2. The van der Waals surface area contributed by atoms with Gasteiger partial charge in [0.1, 0.15) is 22.7 Å². The molecule has 2 bridgehead atoms. The number of pyridine rings is 1. The van der Waals surface area contributed by atoms with E-state index in [0.717, 1.165) is 76.3 Å². The van der Waals surface area contributed by atoms with Crippen molar-refractivity contribution < 1.29 is 14.6 Å². The molecule has 9 nitrogen and oxygen atoms in total. The molecule has 3 aromatic heterocycles. The van der Waals surface area contributed by atoms with E-state index in [-0.39, 0.29) is 23.7 Å². The number of carbonyl (C=O) groups is 1. The number of benzene rings is 2. The number of ether oxygens (including phenoxy) is 1. The van der Waals surface area contributed by atoms with E-state index in [4.69, 9.17) is 20.4 Å². The van der Waals surface area contributed by atoms with Gasteiger partial charge in [0.2, 0.25) is 0 Å². The van der Waals surface area contributed by atoms with Gasteiger partial charge in [-0.05, 0) is 98.5 Å². The summed E-state index contributed by atoms with van der Waals surface area (Å²) in [5.41, 5.74) is 13.3. The molecule has 2 aromatic carbocycles.